The van der Waals surface area contributed by atoms with Gasteiger partial charge < -0.3 is 0 Å². The number of aromatic amines is 1. The van der Waals surface area contributed by atoms with Gasteiger partial charge in [0, 0.05) is 18.3 Å². The third kappa shape index (κ3) is 2.71. The lowest BCUT2D eigenvalue weighted by molar-refractivity contribution is 0.675. The molecule has 4 rings (SSSR count). The second-order valence-corrected chi connectivity index (χ2v) is 6.73. The van der Waals surface area contributed by atoms with Crippen molar-refractivity contribution in [1.82, 2.24) is 25.0 Å². The maximum absolute atomic E-state index is 12.3. The van der Waals surface area contributed by atoms with Crippen LogP contribution in [0.2, 0.25) is 0 Å². The van der Waals surface area contributed by atoms with Crippen molar-refractivity contribution in [2.75, 3.05) is 0 Å². The van der Waals surface area contributed by atoms with E-state index in [0.717, 1.165) is 29.9 Å². The molecule has 2 heterocycles. The third-order valence-corrected chi connectivity index (χ3v) is 4.84. The number of nitrogens with one attached hydrogen (secondary N) is 1. The van der Waals surface area contributed by atoms with Crippen molar-refractivity contribution < 1.29 is 4.21 Å². The molecule has 112 valence electrons. The number of rotatable bonds is 5. The lowest BCUT2D eigenvalue weighted by Gasteiger charge is -2.03. The molecule has 1 fully saturated rings. The molecule has 1 N–H and O–H groups in total. The number of nitrogens with zero attached hydrogens (tertiary/aromatic N) is 4. The molecular formula is C15H15N5OS. The maximum atomic E-state index is 12.3. The van der Waals surface area contributed by atoms with Gasteiger partial charge in [0.25, 0.3) is 0 Å². The Bertz CT molecular complexity index is 790. The highest BCUT2D eigenvalue weighted by molar-refractivity contribution is 7.84. The molecule has 7 heteroatoms. The lowest BCUT2D eigenvalue weighted by atomic mass is 10.2. The molecule has 0 amide bonds. The van der Waals surface area contributed by atoms with Gasteiger partial charge in [-0.1, -0.05) is 12.1 Å². The Balaban J connectivity index is 1.46. The van der Waals surface area contributed by atoms with Crippen molar-refractivity contribution in [3.05, 3.63) is 54.1 Å². The molecule has 0 radical (unpaired) electrons. The molecule has 1 aliphatic carbocycles. The fraction of sp³-hybridized carbons (Fsp3) is 0.267. The van der Waals surface area contributed by atoms with Gasteiger partial charge in [-0.3, -0.25) is 9.31 Å². The van der Waals surface area contributed by atoms with Crippen LogP contribution in [0.3, 0.4) is 0 Å². The van der Waals surface area contributed by atoms with Crippen molar-refractivity contribution >= 4 is 10.8 Å². The van der Waals surface area contributed by atoms with Crippen LogP contribution in [0.25, 0.3) is 5.69 Å². The smallest absolute Gasteiger partial charge is 0.239 e. The minimum atomic E-state index is -1.22. The van der Waals surface area contributed by atoms with Gasteiger partial charge >= 0.3 is 0 Å². The van der Waals surface area contributed by atoms with Crippen LogP contribution < -0.4 is 0 Å². The molecule has 1 atom stereocenters. The minimum absolute atomic E-state index is 0.401. The molecule has 1 saturated carbocycles. The van der Waals surface area contributed by atoms with Crippen molar-refractivity contribution in [1.29, 1.82) is 0 Å². The zero-order chi connectivity index (χ0) is 14.9. The molecule has 0 spiro atoms. The van der Waals surface area contributed by atoms with Crippen LogP contribution in [0.1, 0.15) is 30.1 Å². The fourth-order valence-corrected chi connectivity index (χ4v) is 3.25. The van der Waals surface area contributed by atoms with Crippen LogP contribution in [-0.4, -0.2) is 29.2 Å². The predicted molar refractivity (Wildman–Crippen MR) is 82.0 cm³/mol. The van der Waals surface area contributed by atoms with Gasteiger partial charge in [0.15, 0.2) is 0 Å². The van der Waals surface area contributed by atoms with Gasteiger partial charge in [-0.25, -0.2) is 9.67 Å². The first-order chi connectivity index (χ1) is 10.8. The lowest BCUT2D eigenvalue weighted by Crippen LogP contribution is -2.00. The summed E-state index contributed by atoms with van der Waals surface area (Å²) in [5, 5.41) is 11.6. The largest absolute Gasteiger partial charge is 0.262 e. The van der Waals surface area contributed by atoms with E-state index >= 15 is 0 Å². The second-order valence-electron chi connectivity index (χ2n) is 5.38. The summed E-state index contributed by atoms with van der Waals surface area (Å²) in [6.45, 7) is 0. The van der Waals surface area contributed by atoms with Crippen LogP contribution in [0.4, 0.5) is 0 Å². The Hall–Kier alpha value is -2.28. The fourth-order valence-electron chi connectivity index (χ4n) is 2.28. The molecule has 2 aromatic heterocycles. The van der Waals surface area contributed by atoms with Gasteiger partial charge in [-0.2, -0.15) is 5.10 Å². The van der Waals surface area contributed by atoms with Crippen LogP contribution in [0, 0.1) is 0 Å². The van der Waals surface area contributed by atoms with Gasteiger partial charge in [0.2, 0.25) is 5.16 Å². The Morgan fingerprint density at radius 2 is 2.09 bits per heavy atom. The molecule has 0 saturated heterocycles. The highest BCUT2D eigenvalue weighted by atomic mass is 32.2. The molecule has 6 nitrogen and oxygen atoms in total. The summed E-state index contributed by atoms with van der Waals surface area (Å²) in [6, 6.07) is 9.73. The Morgan fingerprint density at radius 1 is 1.27 bits per heavy atom. The Kier molecular flexibility index (Phi) is 3.34. The van der Waals surface area contributed by atoms with Crippen molar-refractivity contribution in [2.45, 2.75) is 29.7 Å². The van der Waals surface area contributed by atoms with Crippen LogP contribution in [0.5, 0.6) is 0 Å². The summed E-state index contributed by atoms with van der Waals surface area (Å²) in [6.07, 6.45) is 5.93. The first kappa shape index (κ1) is 13.4. The van der Waals surface area contributed by atoms with Crippen LogP contribution in [-0.2, 0) is 16.6 Å². The topological polar surface area (TPSA) is 76.5 Å². The highest BCUT2D eigenvalue weighted by Crippen LogP contribution is 2.37. The van der Waals surface area contributed by atoms with Crippen molar-refractivity contribution in [3.8, 4) is 5.69 Å². The molecule has 1 aliphatic rings. The summed E-state index contributed by atoms with van der Waals surface area (Å²) in [5.74, 6) is 1.78. The molecule has 1 aromatic carbocycles. The molecule has 0 unspecified atom stereocenters. The highest BCUT2D eigenvalue weighted by Gasteiger charge is 2.27. The first-order valence-corrected chi connectivity index (χ1v) is 8.51. The number of hydrogen-bond acceptors (Lipinski definition) is 4. The first-order valence-electron chi connectivity index (χ1n) is 7.19. The van der Waals surface area contributed by atoms with Gasteiger partial charge in [0.05, 0.1) is 22.2 Å². The number of H-pyrrole nitrogens is 1. The average Bonchev–Trinajstić information content (AvgIpc) is 3.05. The molecule has 3 aromatic rings. The van der Waals surface area contributed by atoms with Gasteiger partial charge in [-0.15, -0.1) is 5.10 Å². The number of benzene rings is 1. The minimum Gasteiger partial charge on any atom is -0.262 e. The zero-order valence-electron chi connectivity index (χ0n) is 11.8. The van der Waals surface area contributed by atoms with E-state index in [2.05, 4.69) is 20.3 Å². The maximum Gasteiger partial charge on any atom is 0.239 e. The van der Waals surface area contributed by atoms with E-state index in [0.29, 0.717) is 16.8 Å². The third-order valence-electron chi connectivity index (χ3n) is 3.65. The van der Waals surface area contributed by atoms with Crippen molar-refractivity contribution in [3.63, 3.8) is 0 Å². The van der Waals surface area contributed by atoms with E-state index in [1.807, 2.05) is 36.5 Å². The SMILES string of the molecule is O=[S@@](Cc1ccc(-n2cccn2)cc1)c1n[nH]c(C2CC2)n1. The molecular weight excluding hydrogens is 298 g/mol. The second kappa shape index (κ2) is 5.49. The number of aromatic nitrogens is 5. The summed E-state index contributed by atoms with van der Waals surface area (Å²) in [5.41, 5.74) is 1.97. The molecule has 0 aliphatic heterocycles. The van der Waals surface area contributed by atoms with E-state index in [1.165, 1.54) is 0 Å². The monoisotopic (exact) mass is 313 g/mol. The standard InChI is InChI=1S/C15H15N5OS/c21-22(15-17-14(18-19-15)12-4-5-12)10-11-2-6-13(7-3-11)20-9-1-8-16-20/h1-3,6-9,12H,4-5,10H2,(H,17,18,19)/t22-/m0/s1. The predicted octanol–water partition coefficient (Wildman–Crippen LogP) is 2.18. The molecule has 0 bridgehead atoms. The summed E-state index contributed by atoms with van der Waals surface area (Å²) < 4.78 is 14.1. The summed E-state index contributed by atoms with van der Waals surface area (Å²) in [7, 11) is -1.22. The van der Waals surface area contributed by atoms with E-state index in [1.54, 1.807) is 10.9 Å². The quantitative estimate of drug-likeness (QED) is 0.783. The summed E-state index contributed by atoms with van der Waals surface area (Å²) >= 11 is 0. The number of hydrogen-bond donors (Lipinski definition) is 1. The van der Waals surface area contributed by atoms with Gasteiger partial charge in [0.1, 0.15) is 5.82 Å². The van der Waals surface area contributed by atoms with E-state index in [9.17, 15) is 4.21 Å². The average molecular weight is 313 g/mol. The molecule has 22 heavy (non-hydrogen) atoms. The Labute approximate surface area is 130 Å². The zero-order valence-corrected chi connectivity index (χ0v) is 12.7. The Morgan fingerprint density at radius 3 is 2.77 bits per heavy atom. The van der Waals surface area contributed by atoms with E-state index in [-0.39, 0.29) is 0 Å². The van der Waals surface area contributed by atoms with Crippen LogP contribution in [0.15, 0.2) is 47.9 Å². The van der Waals surface area contributed by atoms with Crippen LogP contribution >= 0.6 is 0 Å². The van der Waals surface area contributed by atoms with Gasteiger partial charge in [-0.05, 0) is 36.6 Å². The van der Waals surface area contributed by atoms with E-state index < -0.39 is 10.8 Å². The summed E-state index contributed by atoms with van der Waals surface area (Å²) in [4.78, 5) is 4.35. The van der Waals surface area contributed by atoms with Crippen molar-refractivity contribution in [2.24, 2.45) is 0 Å². The van der Waals surface area contributed by atoms with E-state index in [4.69, 9.17) is 0 Å². The normalized spacial score (nSPS) is 15.8.